The number of aliphatic carboxylic acids is 1. The Kier molecular flexibility index (Phi) is 7.47. The number of morpholine rings is 1. The van der Waals surface area contributed by atoms with Gasteiger partial charge < -0.3 is 15.2 Å². The minimum absolute atomic E-state index is 0.00596. The minimum Gasteiger partial charge on any atom is -0.475 e. The summed E-state index contributed by atoms with van der Waals surface area (Å²) in [7, 11) is 0. The number of hydrogen-bond donors (Lipinski definition) is 2. The van der Waals surface area contributed by atoms with Gasteiger partial charge in [-0.1, -0.05) is 36.4 Å². The number of nitrogens with zero attached hydrogens (tertiary/aromatic N) is 1. The monoisotopic (exact) mass is 454 g/mol. The van der Waals surface area contributed by atoms with Gasteiger partial charge in [-0.3, -0.25) is 9.69 Å². The lowest BCUT2D eigenvalue weighted by molar-refractivity contribution is -0.192. The first-order valence-corrected chi connectivity index (χ1v) is 9.90. The number of likely N-dealkylation sites (tertiary alicyclic amines) is 1. The Morgan fingerprint density at radius 2 is 1.69 bits per heavy atom. The Balaban J connectivity index is 0.000000360. The van der Waals surface area contributed by atoms with Crippen molar-refractivity contribution in [2.75, 3.05) is 18.4 Å². The van der Waals surface area contributed by atoms with E-state index in [1.807, 2.05) is 42.5 Å². The van der Waals surface area contributed by atoms with Crippen molar-refractivity contribution in [2.45, 2.75) is 31.3 Å². The lowest BCUT2D eigenvalue weighted by Crippen LogP contribution is -2.44. The van der Waals surface area contributed by atoms with Gasteiger partial charge in [-0.05, 0) is 24.6 Å². The number of para-hydroxylation sites is 1. The van der Waals surface area contributed by atoms with Crippen LogP contribution in [0.4, 0.5) is 23.2 Å². The summed E-state index contributed by atoms with van der Waals surface area (Å²) in [5.41, 5.74) is 1.49. The third-order valence-electron chi connectivity index (χ3n) is 5.21. The van der Waals surface area contributed by atoms with Crippen LogP contribution in [0.25, 0.3) is 0 Å². The number of carbonyl (C=O) groups excluding carboxylic acids is 1. The lowest BCUT2D eigenvalue weighted by Gasteiger charge is -2.32. The fraction of sp³-hybridized carbons (Fsp3) is 0.364. The number of benzene rings is 2. The number of rotatable bonds is 4. The summed E-state index contributed by atoms with van der Waals surface area (Å²) < 4.78 is 51.6. The van der Waals surface area contributed by atoms with Crippen LogP contribution in [0.5, 0.6) is 0 Å². The second kappa shape index (κ2) is 10.1. The van der Waals surface area contributed by atoms with Crippen molar-refractivity contribution >= 4 is 17.6 Å². The largest absolute Gasteiger partial charge is 0.490 e. The van der Waals surface area contributed by atoms with Gasteiger partial charge in [0.25, 0.3) is 0 Å². The summed E-state index contributed by atoms with van der Waals surface area (Å²) in [6.45, 7) is 1.94. The van der Waals surface area contributed by atoms with Gasteiger partial charge in [0.15, 0.2) is 0 Å². The van der Waals surface area contributed by atoms with Crippen LogP contribution in [-0.4, -0.2) is 53.4 Å². The van der Waals surface area contributed by atoms with Crippen molar-refractivity contribution < 1.29 is 37.0 Å². The maximum atomic E-state index is 13.9. The smallest absolute Gasteiger partial charge is 0.475 e. The van der Waals surface area contributed by atoms with E-state index in [0.717, 1.165) is 18.7 Å². The van der Waals surface area contributed by atoms with Gasteiger partial charge >= 0.3 is 12.1 Å². The number of carboxylic acid groups (broad SMARTS) is 1. The Morgan fingerprint density at radius 1 is 1.06 bits per heavy atom. The topological polar surface area (TPSA) is 78.9 Å². The first-order chi connectivity index (χ1) is 15.1. The van der Waals surface area contributed by atoms with Gasteiger partial charge in [0, 0.05) is 30.9 Å². The molecule has 0 aliphatic carbocycles. The standard InChI is InChI=1S/C20H21FN2O2.C2HF3O2/c21-18-9-5-4-6-14(18)11-23-12-16-10-17(19(13-23)25-16)20(24)22-15-7-2-1-3-8-15;3-2(4,5)1(6)7/h1-9,16-17,19H,10-13H2,(H,22,24);(H,6,7). The van der Waals surface area contributed by atoms with Crippen LogP contribution >= 0.6 is 0 Å². The molecule has 2 aromatic carbocycles. The van der Waals surface area contributed by atoms with E-state index in [-0.39, 0.29) is 29.9 Å². The van der Waals surface area contributed by atoms with Gasteiger partial charge in [0.1, 0.15) is 5.82 Å². The number of carbonyl (C=O) groups is 2. The number of nitrogens with one attached hydrogen (secondary N) is 1. The molecule has 0 saturated carbocycles. The average molecular weight is 454 g/mol. The van der Waals surface area contributed by atoms with E-state index in [1.54, 1.807) is 6.07 Å². The first-order valence-electron chi connectivity index (χ1n) is 9.90. The Labute approximate surface area is 181 Å². The number of alkyl halides is 3. The van der Waals surface area contributed by atoms with Crippen LogP contribution in [0.3, 0.4) is 0 Å². The zero-order chi connectivity index (χ0) is 23.3. The maximum Gasteiger partial charge on any atom is 0.490 e. The van der Waals surface area contributed by atoms with Crippen molar-refractivity contribution in [3.8, 4) is 0 Å². The number of hydrogen-bond acceptors (Lipinski definition) is 4. The summed E-state index contributed by atoms with van der Waals surface area (Å²) >= 11 is 0. The van der Waals surface area contributed by atoms with Crippen molar-refractivity contribution in [2.24, 2.45) is 5.92 Å². The SMILES string of the molecule is O=C(Nc1ccccc1)C1CC2CN(Cc3ccccc3F)CC1O2.O=C(O)C(F)(F)F. The minimum atomic E-state index is -5.08. The molecule has 3 unspecified atom stereocenters. The molecule has 0 spiro atoms. The van der Waals surface area contributed by atoms with Crippen molar-refractivity contribution in [1.29, 1.82) is 0 Å². The Hall–Kier alpha value is -2.98. The van der Waals surface area contributed by atoms with Crippen LogP contribution in [-0.2, 0) is 20.9 Å². The predicted octanol–water partition coefficient (Wildman–Crippen LogP) is 3.69. The molecule has 2 aliphatic rings. The summed E-state index contributed by atoms with van der Waals surface area (Å²) in [4.78, 5) is 23.7. The molecule has 6 nitrogen and oxygen atoms in total. The number of anilines is 1. The van der Waals surface area contributed by atoms with Crippen molar-refractivity contribution in [1.82, 2.24) is 4.90 Å². The van der Waals surface area contributed by atoms with E-state index in [0.29, 0.717) is 18.7 Å². The Morgan fingerprint density at radius 3 is 2.31 bits per heavy atom. The third-order valence-corrected chi connectivity index (χ3v) is 5.21. The molecule has 2 saturated heterocycles. The molecule has 4 rings (SSSR count). The van der Waals surface area contributed by atoms with Crippen LogP contribution < -0.4 is 5.32 Å². The predicted molar refractivity (Wildman–Crippen MR) is 107 cm³/mol. The van der Waals surface area contributed by atoms with E-state index in [1.165, 1.54) is 6.07 Å². The molecule has 2 fully saturated rings. The molecule has 2 N–H and O–H groups in total. The molecule has 0 aromatic heterocycles. The molecule has 0 radical (unpaired) electrons. The highest BCUT2D eigenvalue weighted by molar-refractivity contribution is 5.93. The summed E-state index contributed by atoms with van der Waals surface area (Å²) in [6.07, 6.45) is -4.46. The summed E-state index contributed by atoms with van der Waals surface area (Å²) in [5.74, 6) is -3.09. The second-order valence-electron chi connectivity index (χ2n) is 7.58. The molecule has 10 heteroatoms. The van der Waals surface area contributed by atoms with E-state index in [2.05, 4.69) is 10.2 Å². The van der Waals surface area contributed by atoms with Gasteiger partial charge in [-0.15, -0.1) is 0 Å². The summed E-state index contributed by atoms with van der Waals surface area (Å²) in [5, 5.41) is 10.1. The molecule has 2 bridgehead atoms. The molecule has 2 aromatic rings. The number of fused-ring (bicyclic) bond motifs is 2. The van der Waals surface area contributed by atoms with E-state index >= 15 is 0 Å². The van der Waals surface area contributed by atoms with E-state index in [9.17, 15) is 22.4 Å². The summed E-state index contributed by atoms with van der Waals surface area (Å²) in [6, 6.07) is 16.3. The fourth-order valence-corrected chi connectivity index (χ4v) is 3.77. The molecule has 172 valence electrons. The quantitative estimate of drug-likeness (QED) is 0.689. The maximum absolute atomic E-state index is 13.9. The van der Waals surface area contributed by atoms with E-state index < -0.39 is 12.1 Å². The zero-order valence-electron chi connectivity index (χ0n) is 16.9. The van der Waals surface area contributed by atoms with Crippen molar-refractivity contribution in [3.63, 3.8) is 0 Å². The first kappa shape index (κ1) is 23.7. The third kappa shape index (κ3) is 6.27. The number of halogens is 4. The zero-order valence-corrected chi connectivity index (χ0v) is 16.9. The highest BCUT2D eigenvalue weighted by Crippen LogP contribution is 2.33. The number of ether oxygens (including phenoxy) is 1. The molecule has 2 heterocycles. The van der Waals surface area contributed by atoms with Gasteiger partial charge in [-0.2, -0.15) is 13.2 Å². The van der Waals surface area contributed by atoms with Gasteiger partial charge in [0.05, 0.1) is 18.1 Å². The molecular formula is C22H22F4N2O4. The molecular weight excluding hydrogens is 432 g/mol. The highest BCUT2D eigenvalue weighted by Gasteiger charge is 2.44. The highest BCUT2D eigenvalue weighted by atomic mass is 19.4. The Bertz CT molecular complexity index is 939. The second-order valence-corrected chi connectivity index (χ2v) is 7.58. The van der Waals surface area contributed by atoms with Gasteiger partial charge in [0.2, 0.25) is 5.91 Å². The molecule has 1 amide bonds. The number of carboxylic acids is 1. The van der Waals surface area contributed by atoms with Crippen LogP contribution in [0, 0.1) is 11.7 Å². The van der Waals surface area contributed by atoms with E-state index in [4.69, 9.17) is 14.6 Å². The average Bonchev–Trinajstić information content (AvgIpc) is 3.04. The fourth-order valence-electron chi connectivity index (χ4n) is 3.77. The van der Waals surface area contributed by atoms with Crippen LogP contribution in [0.2, 0.25) is 0 Å². The van der Waals surface area contributed by atoms with Gasteiger partial charge in [-0.25, -0.2) is 9.18 Å². The molecule has 32 heavy (non-hydrogen) atoms. The normalized spacial score (nSPS) is 22.6. The van der Waals surface area contributed by atoms with Crippen LogP contribution in [0.15, 0.2) is 54.6 Å². The molecule has 3 atom stereocenters. The van der Waals surface area contributed by atoms with Crippen LogP contribution in [0.1, 0.15) is 12.0 Å². The number of amides is 1. The lowest BCUT2D eigenvalue weighted by atomic mass is 9.99. The molecule has 2 aliphatic heterocycles. The van der Waals surface area contributed by atoms with Crippen molar-refractivity contribution in [3.05, 3.63) is 66.0 Å².